The van der Waals surface area contributed by atoms with Crippen LogP contribution in [0.25, 0.3) is 0 Å². The van der Waals surface area contributed by atoms with E-state index in [9.17, 15) is 19.0 Å². The lowest BCUT2D eigenvalue weighted by Crippen LogP contribution is -2.37. The molecule has 1 N–H and O–H groups in total. The van der Waals surface area contributed by atoms with E-state index >= 15 is 0 Å². The number of hydrogen-bond donors (Lipinski definition) is 1. The van der Waals surface area contributed by atoms with Crippen LogP contribution in [0.4, 0.5) is 0 Å². The Bertz CT molecular complexity index is 1350. The highest BCUT2D eigenvalue weighted by Gasteiger charge is 2.27. The van der Waals surface area contributed by atoms with E-state index in [4.69, 9.17) is 18.5 Å². The van der Waals surface area contributed by atoms with Gasteiger partial charge in [-0.15, -0.1) is 0 Å². The molecule has 382 valence electrons. The molecule has 0 rings (SSSR count). The summed E-state index contributed by atoms with van der Waals surface area (Å²) in [4.78, 5) is 35.6. The molecule has 66 heavy (non-hydrogen) atoms. The van der Waals surface area contributed by atoms with Crippen LogP contribution in [0.5, 0.6) is 0 Å². The van der Waals surface area contributed by atoms with Crippen molar-refractivity contribution in [1.29, 1.82) is 0 Å². The monoisotopic (exact) mass is 947 g/mol. The molecule has 0 aromatic heterocycles. The molecule has 0 heterocycles. The Morgan fingerprint density at radius 3 is 1.30 bits per heavy atom. The molecule has 0 saturated heterocycles. The van der Waals surface area contributed by atoms with E-state index in [2.05, 4.69) is 86.8 Å². The standard InChI is InChI=1S/C56H100NO8P/c1-6-8-10-12-14-16-18-20-22-23-24-25-26-27-28-29-30-31-32-33-35-37-39-41-43-45-47-49-56(59)65-54(53-64-66(60,61)63-51-50-57(3,4)5)52-62-55(58)48-46-44-42-40-38-36-34-21-19-17-15-13-11-9-7-2/h8,10,14,16,20-22,24-25,27-28,34,54H,6-7,9,11-13,15,17-19,23,26,29-33,35-53H2,1-5H3/p+1/b10-8-,16-14-,22-20-,25-24-,28-27-,34-21-. The number of esters is 2. The van der Waals surface area contributed by atoms with Gasteiger partial charge in [0.05, 0.1) is 27.7 Å². The van der Waals surface area contributed by atoms with Crippen molar-refractivity contribution in [2.75, 3.05) is 47.5 Å². The molecule has 0 aliphatic carbocycles. The Kier molecular flexibility index (Phi) is 45.7. The Labute approximate surface area is 406 Å². The summed E-state index contributed by atoms with van der Waals surface area (Å²) < 4.78 is 34.5. The SMILES string of the molecule is CC/C=C\C/C=C\C/C=C\C/C=C\C/C=C\CCCCCCCCCCCCCC(=O)OC(COC(=O)CCCCCCC/C=C\CCCCCCCC)COP(=O)(O)OCC[N+](C)(C)C. The topological polar surface area (TPSA) is 108 Å². The molecule has 0 aliphatic heterocycles. The zero-order valence-corrected chi connectivity index (χ0v) is 44.1. The van der Waals surface area contributed by atoms with E-state index in [1.807, 2.05) is 21.1 Å². The summed E-state index contributed by atoms with van der Waals surface area (Å²) >= 11 is 0. The summed E-state index contributed by atoms with van der Waals surface area (Å²) in [7, 11) is 1.47. The third-order valence-electron chi connectivity index (χ3n) is 11.2. The number of unbranched alkanes of at least 4 members (excludes halogenated alkanes) is 22. The van der Waals surface area contributed by atoms with Crippen LogP contribution >= 0.6 is 7.82 Å². The highest BCUT2D eigenvalue weighted by molar-refractivity contribution is 7.47. The third kappa shape index (κ3) is 50.9. The lowest BCUT2D eigenvalue weighted by molar-refractivity contribution is -0.870. The summed E-state index contributed by atoms with van der Waals surface area (Å²) in [5.74, 6) is -0.811. The fourth-order valence-electron chi connectivity index (χ4n) is 7.09. The van der Waals surface area contributed by atoms with Gasteiger partial charge in [-0.05, 0) is 83.5 Å². The zero-order chi connectivity index (χ0) is 48.5. The highest BCUT2D eigenvalue weighted by Crippen LogP contribution is 2.43. The van der Waals surface area contributed by atoms with Gasteiger partial charge in [-0.2, -0.15) is 0 Å². The number of allylic oxidation sites excluding steroid dienone is 12. The lowest BCUT2D eigenvalue weighted by atomic mass is 10.0. The molecule has 0 fully saturated rings. The van der Waals surface area contributed by atoms with Crippen molar-refractivity contribution >= 4 is 19.8 Å². The van der Waals surface area contributed by atoms with Gasteiger partial charge in [0.2, 0.25) is 0 Å². The minimum atomic E-state index is -4.39. The first kappa shape index (κ1) is 63.5. The molecule has 0 aromatic carbocycles. The van der Waals surface area contributed by atoms with Crippen molar-refractivity contribution in [3.05, 3.63) is 72.9 Å². The summed E-state index contributed by atoms with van der Waals surface area (Å²) in [5.41, 5.74) is 0. The Balaban J connectivity index is 4.20. The number of nitrogens with zero attached hydrogens (tertiary/aromatic N) is 1. The molecule has 0 bridgehead atoms. The van der Waals surface area contributed by atoms with Crippen LogP contribution in [0.15, 0.2) is 72.9 Å². The maximum Gasteiger partial charge on any atom is 0.472 e. The third-order valence-corrected chi connectivity index (χ3v) is 12.2. The number of carbonyl (C=O) groups excluding carboxylic acids is 2. The fourth-order valence-corrected chi connectivity index (χ4v) is 7.84. The van der Waals surface area contributed by atoms with Crippen LogP contribution in [-0.2, 0) is 32.7 Å². The van der Waals surface area contributed by atoms with Crippen molar-refractivity contribution in [2.45, 2.75) is 225 Å². The van der Waals surface area contributed by atoms with Gasteiger partial charge in [0, 0.05) is 12.8 Å². The molecule has 2 unspecified atom stereocenters. The van der Waals surface area contributed by atoms with Crippen LogP contribution in [0, 0.1) is 0 Å². The Morgan fingerprint density at radius 2 is 0.864 bits per heavy atom. The average molecular weight is 947 g/mol. The second kappa shape index (κ2) is 47.5. The van der Waals surface area contributed by atoms with Crippen molar-refractivity contribution < 1.29 is 42.1 Å². The number of ether oxygens (including phenoxy) is 2. The molecule has 0 aliphatic rings. The molecule has 10 heteroatoms. The number of rotatable bonds is 48. The van der Waals surface area contributed by atoms with E-state index in [0.29, 0.717) is 17.4 Å². The van der Waals surface area contributed by atoms with E-state index in [0.717, 1.165) is 96.3 Å². The second-order valence-electron chi connectivity index (χ2n) is 18.9. The van der Waals surface area contributed by atoms with Crippen LogP contribution in [-0.4, -0.2) is 74.9 Å². The van der Waals surface area contributed by atoms with Crippen molar-refractivity contribution in [1.82, 2.24) is 0 Å². The molecule has 9 nitrogen and oxygen atoms in total. The Morgan fingerprint density at radius 1 is 0.485 bits per heavy atom. The van der Waals surface area contributed by atoms with Gasteiger partial charge in [-0.25, -0.2) is 4.57 Å². The second-order valence-corrected chi connectivity index (χ2v) is 20.3. The number of phosphoric acid groups is 1. The van der Waals surface area contributed by atoms with Crippen molar-refractivity contribution in [2.24, 2.45) is 0 Å². The number of phosphoric ester groups is 1. The van der Waals surface area contributed by atoms with Gasteiger partial charge >= 0.3 is 19.8 Å². The minimum Gasteiger partial charge on any atom is -0.462 e. The maximum atomic E-state index is 12.8. The van der Waals surface area contributed by atoms with E-state index < -0.39 is 26.5 Å². The molecule has 0 amide bonds. The molecule has 0 radical (unpaired) electrons. The van der Waals surface area contributed by atoms with E-state index in [1.165, 1.54) is 89.9 Å². The molecule has 2 atom stereocenters. The van der Waals surface area contributed by atoms with Crippen LogP contribution in [0.1, 0.15) is 219 Å². The fraction of sp³-hybridized carbons (Fsp3) is 0.750. The molecular formula is C56H101NO8P+. The molecule has 0 spiro atoms. The van der Waals surface area contributed by atoms with Crippen LogP contribution < -0.4 is 0 Å². The van der Waals surface area contributed by atoms with E-state index in [-0.39, 0.29) is 32.0 Å². The van der Waals surface area contributed by atoms with Crippen LogP contribution in [0.3, 0.4) is 0 Å². The van der Waals surface area contributed by atoms with Crippen molar-refractivity contribution in [3.8, 4) is 0 Å². The number of carbonyl (C=O) groups is 2. The maximum absolute atomic E-state index is 12.8. The van der Waals surface area contributed by atoms with Gasteiger partial charge < -0.3 is 18.9 Å². The normalized spacial score (nSPS) is 14.0. The van der Waals surface area contributed by atoms with Gasteiger partial charge in [0.25, 0.3) is 0 Å². The zero-order valence-electron chi connectivity index (χ0n) is 43.2. The minimum absolute atomic E-state index is 0.0274. The molecule has 0 saturated carbocycles. The first-order valence-corrected chi connectivity index (χ1v) is 28.2. The first-order chi connectivity index (χ1) is 32.0. The summed E-state index contributed by atoms with van der Waals surface area (Å²) in [5, 5.41) is 0. The predicted molar refractivity (Wildman–Crippen MR) is 279 cm³/mol. The summed E-state index contributed by atoms with van der Waals surface area (Å²) in [6.45, 7) is 4.30. The first-order valence-electron chi connectivity index (χ1n) is 26.7. The van der Waals surface area contributed by atoms with Gasteiger partial charge in [-0.1, -0.05) is 196 Å². The number of quaternary nitrogens is 1. The smallest absolute Gasteiger partial charge is 0.462 e. The highest BCUT2D eigenvalue weighted by atomic mass is 31.2. The quantitative estimate of drug-likeness (QED) is 0.0211. The van der Waals surface area contributed by atoms with Gasteiger partial charge in [0.1, 0.15) is 19.8 Å². The average Bonchev–Trinajstić information content (AvgIpc) is 3.27. The molecule has 0 aromatic rings. The lowest BCUT2D eigenvalue weighted by Gasteiger charge is -2.24. The van der Waals surface area contributed by atoms with Crippen LogP contribution in [0.2, 0.25) is 0 Å². The number of likely N-dealkylation sites (N-methyl/N-ethyl adjacent to an activating group) is 1. The summed E-state index contributed by atoms with van der Waals surface area (Å²) in [6.07, 6.45) is 61.0. The van der Waals surface area contributed by atoms with Crippen molar-refractivity contribution in [3.63, 3.8) is 0 Å². The largest absolute Gasteiger partial charge is 0.472 e. The molecular weight excluding hydrogens is 846 g/mol. The van der Waals surface area contributed by atoms with E-state index in [1.54, 1.807) is 0 Å². The number of hydrogen-bond acceptors (Lipinski definition) is 7. The summed E-state index contributed by atoms with van der Waals surface area (Å²) in [6, 6.07) is 0. The van der Waals surface area contributed by atoms with Gasteiger partial charge in [0.15, 0.2) is 6.10 Å². The Hall–Kier alpha value is -2.55. The predicted octanol–water partition coefficient (Wildman–Crippen LogP) is 16.1. The van der Waals surface area contributed by atoms with Gasteiger partial charge in [-0.3, -0.25) is 18.6 Å².